The summed E-state index contributed by atoms with van der Waals surface area (Å²) in [5.41, 5.74) is 3.20. The molecule has 3 nitrogen and oxygen atoms in total. The van der Waals surface area contributed by atoms with Crippen LogP contribution in [0.1, 0.15) is 11.1 Å². The average Bonchev–Trinajstić information content (AvgIpc) is 2.45. The highest BCUT2D eigenvalue weighted by atomic mass is 79.9. The maximum atomic E-state index is 5.55. The second-order valence-electron chi connectivity index (χ2n) is 4.29. The van der Waals surface area contributed by atoms with Crippen molar-refractivity contribution in [2.24, 2.45) is 0 Å². The Hall–Kier alpha value is -1.99. The molecule has 1 aromatic heterocycles. The third-order valence-corrected chi connectivity index (χ3v) is 3.34. The number of aromatic nitrogens is 1. The Morgan fingerprint density at radius 3 is 3.00 bits per heavy atom. The molecular weight excluding hydrogens is 316 g/mol. The van der Waals surface area contributed by atoms with Gasteiger partial charge in [-0.15, -0.1) is 6.42 Å². The lowest BCUT2D eigenvalue weighted by Gasteiger charge is -2.13. The van der Waals surface area contributed by atoms with Crippen molar-refractivity contribution in [1.29, 1.82) is 0 Å². The summed E-state index contributed by atoms with van der Waals surface area (Å²) >= 11 is 3.47. The highest BCUT2D eigenvalue weighted by molar-refractivity contribution is 9.10. The molecule has 0 aliphatic carbocycles. The number of terminal acetylenes is 1. The van der Waals surface area contributed by atoms with E-state index in [9.17, 15) is 0 Å². The van der Waals surface area contributed by atoms with E-state index in [1.165, 1.54) is 0 Å². The van der Waals surface area contributed by atoms with Crippen LogP contribution in [0.15, 0.2) is 41.1 Å². The van der Waals surface area contributed by atoms with Crippen LogP contribution in [0.4, 0.5) is 5.69 Å². The summed E-state index contributed by atoms with van der Waals surface area (Å²) in [5.74, 6) is 3.27. The molecule has 2 rings (SSSR count). The van der Waals surface area contributed by atoms with Gasteiger partial charge in [0.25, 0.3) is 0 Å². The summed E-state index contributed by atoms with van der Waals surface area (Å²) in [6, 6.07) is 7.84. The van der Waals surface area contributed by atoms with E-state index in [1.807, 2.05) is 37.4 Å². The molecule has 0 atom stereocenters. The van der Waals surface area contributed by atoms with E-state index in [0.29, 0.717) is 6.54 Å². The maximum Gasteiger partial charge on any atom is 0.148 e. The van der Waals surface area contributed by atoms with Crippen LogP contribution in [0.2, 0.25) is 0 Å². The summed E-state index contributed by atoms with van der Waals surface area (Å²) in [4.78, 5) is 4.12. The largest absolute Gasteiger partial charge is 0.481 e. The number of hydrogen-bond acceptors (Lipinski definition) is 3. The fourth-order valence-corrected chi connectivity index (χ4v) is 2.19. The summed E-state index contributed by atoms with van der Waals surface area (Å²) < 4.78 is 6.55. The number of hydrogen-bond donors (Lipinski definition) is 1. The zero-order valence-corrected chi connectivity index (χ0v) is 12.8. The highest BCUT2D eigenvalue weighted by Gasteiger charge is 2.05. The second kappa shape index (κ2) is 6.97. The quantitative estimate of drug-likeness (QED) is 0.847. The number of ether oxygens (including phenoxy) is 1. The van der Waals surface area contributed by atoms with E-state index < -0.39 is 0 Å². The number of rotatable bonds is 5. The first-order valence-electron chi connectivity index (χ1n) is 6.20. The van der Waals surface area contributed by atoms with Gasteiger partial charge in [-0.25, -0.2) is 0 Å². The van der Waals surface area contributed by atoms with Crippen molar-refractivity contribution < 1.29 is 4.74 Å². The number of pyridine rings is 1. The van der Waals surface area contributed by atoms with Gasteiger partial charge >= 0.3 is 0 Å². The summed E-state index contributed by atoms with van der Waals surface area (Å²) in [6.07, 6.45) is 8.83. The molecule has 2 aromatic rings. The highest BCUT2D eigenvalue weighted by Crippen LogP contribution is 2.24. The van der Waals surface area contributed by atoms with Crippen molar-refractivity contribution in [3.05, 3.63) is 52.3 Å². The Morgan fingerprint density at radius 1 is 1.40 bits per heavy atom. The molecule has 0 saturated heterocycles. The number of nitrogens with zero attached hydrogens (tertiary/aromatic N) is 1. The second-order valence-corrected chi connectivity index (χ2v) is 5.20. The van der Waals surface area contributed by atoms with Gasteiger partial charge < -0.3 is 10.1 Å². The minimum absolute atomic E-state index is 0.264. The van der Waals surface area contributed by atoms with Crippen LogP contribution in [0.3, 0.4) is 0 Å². The van der Waals surface area contributed by atoms with Crippen LogP contribution in [-0.2, 0) is 6.54 Å². The Morgan fingerprint density at radius 2 is 2.25 bits per heavy atom. The molecule has 0 saturated carbocycles. The van der Waals surface area contributed by atoms with E-state index in [-0.39, 0.29) is 6.61 Å². The van der Waals surface area contributed by atoms with E-state index in [4.69, 9.17) is 11.2 Å². The number of nitrogens with one attached hydrogen (secondary N) is 1. The topological polar surface area (TPSA) is 34.1 Å². The molecule has 0 fully saturated rings. The minimum atomic E-state index is 0.264. The Labute approximate surface area is 127 Å². The summed E-state index contributed by atoms with van der Waals surface area (Å²) in [5, 5.41) is 3.36. The molecule has 1 aromatic carbocycles. The van der Waals surface area contributed by atoms with Crippen molar-refractivity contribution in [3.8, 4) is 18.1 Å². The SMILES string of the molecule is C#CCOc1ccc(Br)cc1CNc1cnccc1C. The molecule has 4 heteroatoms. The fourth-order valence-electron chi connectivity index (χ4n) is 1.79. The lowest BCUT2D eigenvalue weighted by molar-refractivity contribution is 0.366. The zero-order chi connectivity index (χ0) is 14.4. The first-order valence-corrected chi connectivity index (χ1v) is 6.99. The molecule has 0 aliphatic heterocycles. The monoisotopic (exact) mass is 330 g/mol. The first-order chi connectivity index (χ1) is 9.70. The van der Waals surface area contributed by atoms with E-state index in [1.54, 1.807) is 6.20 Å². The molecule has 0 aliphatic rings. The van der Waals surface area contributed by atoms with Gasteiger partial charge in [0.05, 0.1) is 11.9 Å². The third-order valence-electron chi connectivity index (χ3n) is 2.84. The van der Waals surface area contributed by atoms with Gasteiger partial charge in [0.2, 0.25) is 0 Å². The normalized spacial score (nSPS) is 9.85. The van der Waals surface area contributed by atoms with Crippen molar-refractivity contribution in [2.75, 3.05) is 11.9 Å². The predicted octanol–water partition coefficient (Wildman–Crippen LogP) is 3.78. The third kappa shape index (κ3) is 3.75. The van der Waals surface area contributed by atoms with E-state index in [0.717, 1.165) is 27.0 Å². The van der Waals surface area contributed by atoms with Crippen LogP contribution in [0.5, 0.6) is 5.75 Å². The Kier molecular flexibility index (Phi) is 5.03. The van der Waals surface area contributed by atoms with Crippen molar-refractivity contribution in [2.45, 2.75) is 13.5 Å². The molecule has 102 valence electrons. The number of anilines is 1. The van der Waals surface area contributed by atoms with Gasteiger partial charge in [0, 0.05) is 22.8 Å². The van der Waals surface area contributed by atoms with Gasteiger partial charge in [0.15, 0.2) is 0 Å². The molecule has 0 spiro atoms. The molecule has 0 unspecified atom stereocenters. The lowest BCUT2D eigenvalue weighted by Crippen LogP contribution is -2.05. The average molecular weight is 331 g/mol. The molecule has 1 N–H and O–H groups in total. The lowest BCUT2D eigenvalue weighted by atomic mass is 10.2. The standard InChI is InChI=1S/C16H15BrN2O/c1-3-8-20-16-5-4-14(17)9-13(16)10-19-15-11-18-7-6-12(15)2/h1,4-7,9,11,19H,8,10H2,2H3. The van der Waals surface area contributed by atoms with Crippen LogP contribution in [0, 0.1) is 19.3 Å². The van der Waals surface area contributed by atoms with Crippen LogP contribution < -0.4 is 10.1 Å². The molecule has 0 radical (unpaired) electrons. The van der Waals surface area contributed by atoms with E-state index in [2.05, 4.69) is 32.2 Å². The van der Waals surface area contributed by atoms with Crippen molar-refractivity contribution in [3.63, 3.8) is 0 Å². The molecular formula is C16H15BrN2O. The van der Waals surface area contributed by atoms with E-state index >= 15 is 0 Å². The zero-order valence-electron chi connectivity index (χ0n) is 11.2. The van der Waals surface area contributed by atoms with Crippen molar-refractivity contribution >= 4 is 21.6 Å². The van der Waals surface area contributed by atoms with Gasteiger partial charge in [0.1, 0.15) is 12.4 Å². The van der Waals surface area contributed by atoms with Gasteiger partial charge in [-0.05, 0) is 36.8 Å². The van der Waals surface area contributed by atoms with Crippen molar-refractivity contribution in [1.82, 2.24) is 4.98 Å². The molecule has 0 bridgehead atoms. The number of aryl methyl sites for hydroxylation is 1. The fraction of sp³-hybridized carbons (Fsp3) is 0.188. The van der Waals surface area contributed by atoms with Crippen LogP contribution in [-0.4, -0.2) is 11.6 Å². The summed E-state index contributed by atoms with van der Waals surface area (Å²) in [7, 11) is 0. The number of halogens is 1. The molecule has 0 amide bonds. The summed E-state index contributed by atoms with van der Waals surface area (Å²) in [6.45, 7) is 2.95. The Balaban J connectivity index is 2.14. The predicted molar refractivity (Wildman–Crippen MR) is 84.8 cm³/mol. The van der Waals surface area contributed by atoms with Crippen LogP contribution >= 0.6 is 15.9 Å². The Bertz CT molecular complexity index is 635. The van der Waals surface area contributed by atoms with Crippen LogP contribution in [0.25, 0.3) is 0 Å². The van der Waals surface area contributed by atoms with Gasteiger partial charge in [-0.3, -0.25) is 4.98 Å². The molecule has 20 heavy (non-hydrogen) atoms. The molecule has 1 heterocycles. The number of benzene rings is 1. The van der Waals surface area contributed by atoms with Gasteiger partial charge in [-0.1, -0.05) is 21.9 Å². The minimum Gasteiger partial charge on any atom is -0.481 e. The maximum absolute atomic E-state index is 5.55. The van der Waals surface area contributed by atoms with Gasteiger partial charge in [-0.2, -0.15) is 0 Å². The first kappa shape index (κ1) is 14.4. The smallest absolute Gasteiger partial charge is 0.148 e.